The zero-order valence-electron chi connectivity index (χ0n) is 14.3. The molecule has 3 rings (SSSR count). The summed E-state index contributed by atoms with van der Waals surface area (Å²) in [7, 11) is 0. The molecule has 0 radical (unpaired) electrons. The molecule has 0 bridgehead atoms. The molecule has 1 atom stereocenters. The second-order valence-corrected chi connectivity index (χ2v) is 7.14. The highest BCUT2D eigenvalue weighted by molar-refractivity contribution is 5.79. The van der Waals surface area contributed by atoms with Gasteiger partial charge >= 0.3 is 0 Å². The minimum absolute atomic E-state index is 0.207. The lowest BCUT2D eigenvalue weighted by molar-refractivity contribution is -0.140. The van der Waals surface area contributed by atoms with E-state index in [9.17, 15) is 4.79 Å². The largest absolute Gasteiger partial charge is 0.381 e. The highest BCUT2D eigenvalue weighted by Crippen LogP contribution is 2.25. The normalized spacial score (nSPS) is 23.0. The van der Waals surface area contributed by atoms with Gasteiger partial charge in [0.2, 0.25) is 5.91 Å². The van der Waals surface area contributed by atoms with Gasteiger partial charge in [-0.2, -0.15) is 0 Å². The van der Waals surface area contributed by atoms with Crippen molar-refractivity contribution in [2.75, 3.05) is 26.3 Å². The zero-order valence-corrected chi connectivity index (χ0v) is 14.3. The van der Waals surface area contributed by atoms with Crippen LogP contribution < -0.4 is 0 Å². The molecule has 3 nitrogen and oxygen atoms in total. The molecular formula is C20H29NO2. The molecule has 2 aliphatic rings. The first-order valence-corrected chi connectivity index (χ1v) is 9.15. The van der Waals surface area contributed by atoms with Crippen LogP contribution in [0.2, 0.25) is 0 Å². The van der Waals surface area contributed by atoms with Gasteiger partial charge in [-0.25, -0.2) is 0 Å². The number of amides is 1. The highest BCUT2D eigenvalue weighted by atomic mass is 16.5. The Balaban J connectivity index is 1.51. The number of carbonyl (C=O) groups is 1. The molecule has 2 saturated heterocycles. The van der Waals surface area contributed by atoms with E-state index >= 15 is 0 Å². The summed E-state index contributed by atoms with van der Waals surface area (Å²) in [4.78, 5) is 14.8. The predicted molar refractivity (Wildman–Crippen MR) is 92.3 cm³/mol. The molecule has 1 aromatic carbocycles. The first kappa shape index (κ1) is 16.5. The van der Waals surface area contributed by atoms with E-state index in [1.54, 1.807) is 0 Å². The number of hydrogen-bond donors (Lipinski definition) is 0. The van der Waals surface area contributed by atoms with Crippen LogP contribution >= 0.6 is 0 Å². The average Bonchev–Trinajstić information content (AvgIpc) is 2.61. The van der Waals surface area contributed by atoms with Gasteiger partial charge < -0.3 is 9.64 Å². The quantitative estimate of drug-likeness (QED) is 0.850. The number of ether oxygens (including phenoxy) is 1. The summed E-state index contributed by atoms with van der Waals surface area (Å²) in [6, 6.07) is 8.66. The molecule has 126 valence electrons. The lowest BCUT2D eigenvalue weighted by atomic mass is 9.89. The van der Waals surface area contributed by atoms with Gasteiger partial charge in [0, 0.05) is 32.2 Å². The number of aryl methyl sites for hydroxylation is 2. The van der Waals surface area contributed by atoms with E-state index in [4.69, 9.17) is 4.74 Å². The molecule has 1 amide bonds. The Morgan fingerprint density at radius 1 is 1.22 bits per heavy atom. The van der Waals surface area contributed by atoms with Crippen LogP contribution in [0.1, 0.15) is 43.2 Å². The summed E-state index contributed by atoms with van der Waals surface area (Å²) in [5, 5.41) is 0. The van der Waals surface area contributed by atoms with E-state index < -0.39 is 0 Å². The molecule has 2 aliphatic heterocycles. The summed E-state index contributed by atoms with van der Waals surface area (Å²) in [6.07, 6.45) is 6.57. The lowest BCUT2D eigenvalue weighted by Gasteiger charge is -2.36. The number of rotatable bonds is 4. The molecule has 2 fully saturated rings. The van der Waals surface area contributed by atoms with E-state index in [-0.39, 0.29) is 5.92 Å². The summed E-state index contributed by atoms with van der Waals surface area (Å²) in [5.41, 5.74) is 2.85. The van der Waals surface area contributed by atoms with Crippen LogP contribution in [0.4, 0.5) is 0 Å². The van der Waals surface area contributed by atoms with Crippen molar-refractivity contribution in [2.24, 2.45) is 11.8 Å². The number of nitrogens with zero attached hydrogens (tertiary/aromatic N) is 1. The average molecular weight is 315 g/mol. The van der Waals surface area contributed by atoms with Crippen molar-refractivity contribution in [3.05, 3.63) is 35.4 Å². The first-order chi connectivity index (χ1) is 11.2. The number of likely N-dealkylation sites (tertiary alicyclic amines) is 1. The number of hydrogen-bond acceptors (Lipinski definition) is 2. The Labute approximate surface area is 140 Å². The molecule has 23 heavy (non-hydrogen) atoms. The fourth-order valence-corrected chi connectivity index (χ4v) is 3.95. The van der Waals surface area contributed by atoms with Gasteiger partial charge in [-0.1, -0.05) is 24.3 Å². The van der Waals surface area contributed by atoms with Crippen LogP contribution in [-0.4, -0.2) is 37.1 Å². The van der Waals surface area contributed by atoms with Gasteiger partial charge in [-0.05, 0) is 62.5 Å². The van der Waals surface area contributed by atoms with Crippen LogP contribution in [0.3, 0.4) is 0 Å². The van der Waals surface area contributed by atoms with Gasteiger partial charge in [0.25, 0.3) is 0 Å². The maximum atomic E-state index is 12.7. The molecule has 0 N–H and O–H groups in total. The number of carbonyl (C=O) groups excluding carboxylic acids is 1. The minimum atomic E-state index is 0.207. The van der Waals surface area contributed by atoms with E-state index in [0.717, 1.165) is 52.0 Å². The molecule has 0 aromatic heterocycles. The third-order valence-corrected chi connectivity index (χ3v) is 5.48. The van der Waals surface area contributed by atoms with Crippen molar-refractivity contribution >= 4 is 5.91 Å². The van der Waals surface area contributed by atoms with Crippen molar-refractivity contribution in [2.45, 2.75) is 45.4 Å². The predicted octanol–water partition coefficient (Wildman–Crippen LogP) is 3.59. The maximum Gasteiger partial charge on any atom is 0.225 e. The molecule has 0 unspecified atom stereocenters. The van der Waals surface area contributed by atoms with E-state index in [1.165, 1.54) is 24.0 Å². The van der Waals surface area contributed by atoms with Crippen LogP contribution in [-0.2, 0) is 16.0 Å². The summed E-state index contributed by atoms with van der Waals surface area (Å²) >= 11 is 0. The smallest absolute Gasteiger partial charge is 0.225 e. The van der Waals surface area contributed by atoms with Crippen molar-refractivity contribution in [1.29, 1.82) is 0 Å². The van der Waals surface area contributed by atoms with E-state index in [2.05, 4.69) is 36.1 Å². The monoisotopic (exact) mass is 315 g/mol. The fourth-order valence-electron chi connectivity index (χ4n) is 3.95. The Morgan fingerprint density at radius 3 is 2.78 bits per heavy atom. The highest BCUT2D eigenvalue weighted by Gasteiger charge is 2.29. The topological polar surface area (TPSA) is 29.5 Å². The Kier molecular flexibility index (Phi) is 5.71. The Morgan fingerprint density at radius 2 is 2.00 bits per heavy atom. The second-order valence-electron chi connectivity index (χ2n) is 7.14. The van der Waals surface area contributed by atoms with Crippen LogP contribution in [0.25, 0.3) is 0 Å². The lowest BCUT2D eigenvalue weighted by Crippen LogP contribution is -2.44. The molecule has 0 spiro atoms. The SMILES string of the molecule is Cc1ccccc1CC[C@H]1CCCN(C(=O)C2CCOCC2)C1. The van der Waals surface area contributed by atoms with Crippen LogP contribution in [0, 0.1) is 18.8 Å². The molecule has 0 saturated carbocycles. The minimum Gasteiger partial charge on any atom is -0.381 e. The van der Waals surface area contributed by atoms with Crippen molar-refractivity contribution < 1.29 is 9.53 Å². The molecule has 2 heterocycles. The van der Waals surface area contributed by atoms with Gasteiger partial charge in [0.15, 0.2) is 0 Å². The Bertz CT molecular complexity index is 522. The summed E-state index contributed by atoms with van der Waals surface area (Å²) in [5.74, 6) is 1.25. The van der Waals surface area contributed by atoms with Crippen molar-refractivity contribution in [3.63, 3.8) is 0 Å². The molecule has 1 aromatic rings. The van der Waals surface area contributed by atoms with Gasteiger partial charge in [-0.3, -0.25) is 4.79 Å². The van der Waals surface area contributed by atoms with Crippen LogP contribution in [0.5, 0.6) is 0 Å². The summed E-state index contributed by atoms with van der Waals surface area (Å²) < 4.78 is 5.39. The van der Waals surface area contributed by atoms with E-state index in [0.29, 0.717) is 11.8 Å². The third kappa shape index (κ3) is 4.35. The first-order valence-electron chi connectivity index (χ1n) is 9.15. The molecule has 3 heteroatoms. The number of piperidine rings is 1. The van der Waals surface area contributed by atoms with Crippen molar-refractivity contribution in [3.8, 4) is 0 Å². The maximum absolute atomic E-state index is 12.7. The molecule has 0 aliphatic carbocycles. The third-order valence-electron chi connectivity index (χ3n) is 5.48. The number of benzene rings is 1. The van der Waals surface area contributed by atoms with Crippen molar-refractivity contribution in [1.82, 2.24) is 4.90 Å². The second kappa shape index (κ2) is 7.96. The van der Waals surface area contributed by atoms with Gasteiger partial charge in [-0.15, -0.1) is 0 Å². The van der Waals surface area contributed by atoms with Gasteiger partial charge in [0.05, 0.1) is 0 Å². The molecular weight excluding hydrogens is 286 g/mol. The standard InChI is InChI=1S/C20H29NO2/c1-16-5-2-3-7-18(16)9-8-17-6-4-12-21(15-17)20(22)19-10-13-23-14-11-19/h2-3,5,7,17,19H,4,6,8-15H2,1H3/t17-/m1/s1. The fraction of sp³-hybridized carbons (Fsp3) is 0.650. The van der Waals surface area contributed by atoms with Gasteiger partial charge in [0.1, 0.15) is 0 Å². The van der Waals surface area contributed by atoms with Crippen LogP contribution in [0.15, 0.2) is 24.3 Å². The van der Waals surface area contributed by atoms with E-state index in [1.807, 2.05) is 0 Å². The Hall–Kier alpha value is -1.35. The summed E-state index contributed by atoms with van der Waals surface area (Å²) in [6.45, 7) is 5.61. The zero-order chi connectivity index (χ0) is 16.1.